The molecule has 0 saturated carbocycles. The topological polar surface area (TPSA) is 44.8 Å². The van der Waals surface area contributed by atoms with Crippen LogP contribution in [-0.2, 0) is 19.0 Å². The third kappa shape index (κ3) is 6.86. The Morgan fingerprint density at radius 1 is 1.36 bits per heavy atom. The smallest absolute Gasteiger partial charge is 0.302 e. The van der Waals surface area contributed by atoms with Gasteiger partial charge in [0.25, 0.3) is 0 Å². The van der Waals surface area contributed by atoms with Gasteiger partial charge in [-0.25, -0.2) is 0 Å². The fourth-order valence-corrected chi connectivity index (χ4v) is 0.907. The lowest BCUT2D eigenvalue weighted by atomic mass is 10.3. The van der Waals surface area contributed by atoms with Crippen molar-refractivity contribution in [3.8, 4) is 0 Å². The number of carbonyl (C=O) groups is 1. The maximum atomic E-state index is 10.5. The number of hydrogen-bond acceptors (Lipinski definition) is 4. The van der Waals surface area contributed by atoms with Crippen LogP contribution in [0.15, 0.2) is 0 Å². The number of hydrogen-bond donors (Lipinski definition) is 0. The van der Waals surface area contributed by atoms with Gasteiger partial charge in [0, 0.05) is 14.0 Å². The predicted octanol–water partition coefficient (Wildman–Crippen LogP) is 1.38. The SMILES string of the molecule is CCC(COC(C)COC(C)=O)OC. The largest absolute Gasteiger partial charge is 0.463 e. The van der Waals surface area contributed by atoms with Gasteiger partial charge < -0.3 is 14.2 Å². The van der Waals surface area contributed by atoms with Crippen LogP contribution in [0.5, 0.6) is 0 Å². The highest BCUT2D eigenvalue weighted by atomic mass is 16.6. The van der Waals surface area contributed by atoms with Gasteiger partial charge in [0.1, 0.15) is 6.61 Å². The lowest BCUT2D eigenvalue weighted by Crippen LogP contribution is -2.24. The summed E-state index contributed by atoms with van der Waals surface area (Å²) < 4.78 is 15.4. The molecule has 4 heteroatoms. The molecule has 84 valence electrons. The highest BCUT2D eigenvalue weighted by molar-refractivity contribution is 5.65. The number of ether oxygens (including phenoxy) is 3. The molecule has 0 aliphatic heterocycles. The van der Waals surface area contributed by atoms with Gasteiger partial charge >= 0.3 is 5.97 Å². The highest BCUT2D eigenvalue weighted by Gasteiger charge is 2.09. The molecule has 4 nitrogen and oxygen atoms in total. The van der Waals surface area contributed by atoms with Crippen molar-refractivity contribution in [3.63, 3.8) is 0 Å². The Kier molecular flexibility index (Phi) is 7.42. The lowest BCUT2D eigenvalue weighted by molar-refractivity contribution is -0.145. The molecule has 0 aliphatic rings. The van der Waals surface area contributed by atoms with Crippen LogP contribution in [0.3, 0.4) is 0 Å². The van der Waals surface area contributed by atoms with E-state index in [4.69, 9.17) is 14.2 Å². The Hall–Kier alpha value is -0.610. The normalized spacial score (nSPS) is 14.9. The van der Waals surface area contributed by atoms with Crippen LogP contribution >= 0.6 is 0 Å². The van der Waals surface area contributed by atoms with Crippen LogP contribution in [0, 0.1) is 0 Å². The third-order valence-electron chi connectivity index (χ3n) is 1.88. The van der Waals surface area contributed by atoms with Crippen molar-refractivity contribution in [1.29, 1.82) is 0 Å². The Morgan fingerprint density at radius 2 is 2.00 bits per heavy atom. The maximum Gasteiger partial charge on any atom is 0.302 e. The second-order valence-electron chi connectivity index (χ2n) is 3.21. The zero-order valence-electron chi connectivity index (χ0n) is 9.41. The van der Waals surface area contributed by atoms with Crippen LogP contribution < -0.4 is 0 Å². The fraction of sp³-hybridized carbons (Fsp3) is 0.900. The number of carbonyl (C=O) groups excluding carboxylic acids is 1. The Morgan fingerprint density at radius 3 is 2.43 bits per heavy atom. The van der Waals surface area contributed by atoms with E-state index in [1.54, 1.807) is 7.11 Å². The summed E-state index contributed by atoms with van der Waals surface area (Å²) in [4.78, 5) is 10.5. The molecule has 0 heterocycles. The van der Waals surface area contributed by atoms with Crippen molar-refractivity contribution < 1.29 is 19.0 Å². The molecule has 0 aromatic heterocycles. The number of esters is 1. The standard InChI is InChI=1S/C10H20O4/c1-5-10(12-4)7-13-8(2)6-14-9(3)11/h8,10H,5-7H2,1-4H3. The van der Waals surface area contributed by atoms with Gasteiger partial charge in [0.2, 0.25) is 0 Å². The van der Waals surface area contributed by atoms with E-state index in [1.165, 1.54) is 6.92 Å². The quantitative estimate of drug-likeness (QED) is 0.588. The van der Waals surface area contributed by atoms with E-state index < -0.39 is 0 Å². The molecule has 0 N–H and O–H groups in total. The minimum Gasteiger partial charge on any atom is -0.463 e. The minimum atomic E-state index is -0.278. The first kappa shape index (κ1) is 13.4. The van der Waals surface area contributed by atoms with E-state index in [9.17, 15) is 4.79 Å². The molecule has 2 unspecified atom stereocenters. The molecule has 14 heavy (non-hydrogen) atoms. The lowest BCUT2D eigenvalue weighted by Gasteiger charge is -2.17. The molecule has 0 radical (unpaired) electrons. The summed E-state index contributed by atoms with van der Waals surface area (Å²) in [5.74, 6) is -0.278. The number of rotatable bonds is 7. The van der Waals surface area contributed by atoms with Crippen LogP contribution in [0.4, 0.5) is 0 Å². The maximum absolute atomic E-state index is 10.5. The van der Waals surface area contributed by atoms with E-state index >= 15 is 0 Å². The first-order valence-corrected chi connectivity index (χ1v) is 4.87. The Balaban J connectivity index is 3.51. The molecular weight excluding hydrogens is 184 g/mol. The first-order chi connectivity index (χ1) is 6.60. The Labute approximate surface area is 85.5 Å². The van der Waals surface area contributed by atoms with E-state index in [0.717, 1.165) is 6.42 Å². The molecular formula is C10H20O4. The first-order valence-electron chi connectivity index (χ1n) is 4.87. The third-order valence-corrected chi connectivity index (χ3v) is 1.88. The monoisotopic (exact) mass is 204 g/mol. The average Bonchev–Trinajstić information content (AvgIpc) is 2.16. The van der Waals surface area contributed by atoms with E-state index in [2.05, 4.69) is 0 Å². The predicted molar refractivity (Wildman–Crippen MR) is 53.1 cm³/mol. The van der Waals surface area contributed by atoms with Crippen molar-refractivity contribution >= 4 is 5.97 Å². The van der Waals surface area contributed by atoms with Crippen LogP contribution in [0.2, 0.25) is 0 Å². The molecule has 0 amide bonds. The van der Waals surface area contributed by atoms with Crippen molar-refractivity contribution in [2.45, 2.75) is 39.4 Å². The molecule has 0 rings (SSSR count). The van der Waals surface area contributed by atoms with Gasteiger partial charge in [0.15, 0.2) is 0 Å². The average molecular weight is 204 g/mol. The van der Waals surface area contributed by atoms with E-state index in [-0.39, 0.29) is 18.2 Å². The van der Waals surface area contributed by atoms with Crippen molar-refractivity contribution in [1.82, 2.24) is 0 Å². The van der Waals surface area contributed by atoms with Gasteiger partial charge in [-0.2, -0.15) is 0 Å². The summed E-state index contributed by atoms with van der Waals surface area (Å²) in [7, 11) is 1.66. The van der Waals surface area contributed by atoms with Crippen molar-refractivity contribution in [2.75, 3.05) is 20.3 Å². The second kappa shape index (κ2) is 7.76. The molecule has 0 aliphatic carbocycles. The molecule has 0 aromatic carbocycles. The van der Waals surface area contributed by atoms with Crippen molar-refractivity contribution in [3.05, 3.63) is 0 Å². The van der Waals surface area contributed by atoms with Crippen LogP contribution in [-0.4, -0.2) is 38.5 Å². The summed E-state index contributed by atoms with van der Waals surface area (Å²) in [6, 6.07) is 0. The number of methoxy groups -OCH3 is 1. The second-order valence-corrected chi connectivity index (χ2v) is 3.21. The minimum absolute atomic E-state index is 0.0805. The Bertz CT molecular complexity index is 154. The summed E-state index contributed by atoms with van der Waals surface area (Å²) in [5, 5.41) is 0. The van der Waals surface area contributed by atoms with Gasteiger partial charge in [-0.1, -0.05) is 6.92 Å². The van der Waals surface area contributed by atoms with Crippen LogP contribution in [0.1, 0.15) is 27.2 Å². The fourth-order valence-electron chi connectivity index (χ4n) is 0.907. The molecule has 0 bridgehead atoms. The molecule has 2 atom stereocenters. The summed E-state index contributed by atoms with van der Waals surface area (Å²) >= 11 is 0. The van der Waals surface area contributed by atoms with Crippen LogP contribution in [0.25, 0.3) is 0 Å². The van der Waals surface area contributed by atoms with Gasteiger partial charge in [-0.15, -0.1) is 0 Å². The summed E-state index contributed by atoms with van der Waals surface area (Å²) in [6.45, 7) is 6.13. The zero-order valence-corrected chi connectivity index (χ0v) is 9.41. The van der Waals surface area contributed by atoms with E-state index in [1.807, 2.05) is 13.8 Å². The zero-order chi connectivity index (χ0) is 11.0. The van der Waals surface area contributed by atoms with E-state index in [0.29, 0.717) is 13.2 Å². The summed E-state index contributed by atoms with van der Waals surface area (Å²) in [5.41, 5.74) is 0. The van der Waals surface area contributed by atoms with Gasteiger partial charge in [-0.3, -0.25) is 4.79 Å². The molecule has 0 fully saturated rings. The highest BCUT2D eigenvalue weighted by Crippen LogP contribution is 2.00. The summed E-state index contributed by atoms with van der Waals surface area (Å²) in [6.07, 6.45) is 0.953. The molecule has 0 aromatic rings. The van der Waals surface area contributed by atoms with Gasteiger partial charge in [-0.05, 0) is 13.3 Å². The molecule has 0 spiro atoms. The van der Waals surface area contributed by atoms with Crippen molar-refractivity contribution in [2.24, 2.45) is 0 Å². The molecule has 0 saturated heterocycles. The van der Waals surface area contributed by atoms with Gasteiger partial charge in [0.05, 0.1) is 18.8 Å².